The van der Waals surface area contributed by atoms with Crippen molar-refractivity contribution in [2.75, 3.05) is 11.9 Å². The number of anilines is 1. The number of hydrogen-bond acceptors (Lipinski definition) is 2. The van der Waals surface area contributed by atoms with Crippen molar-refractivity contribution in [2.24, 2.45) is 0 Å². The number of ether oxygens (including phenoxy) is 1. The van der Waals surface area contributed by atoms with E-state index < -0.39 is 0 Å². The van der Waals surface area contributed by atoms with Crippen LogP contribution in [0, 0.1) is 0 Å². The van der Waals surface area contributed by atoms with Gasteiger partial charge in [0.15, 0.2) is 0 Å². The summed E-state index contributed by atoms with van der Waals surface area (Å²) in [7, 11) is 0. The summed E-state index contributed by atoms with van der Waals surface area (Å²) >= 11 is 0. The molecule has 0 aromatic heterocycles. The lowest BCUT2D eigenvalue weighted by atomic mass is 10.1. The third-order valence-electron chi connectivity index (χ3n) is 3.67. The molecule has 0 saturated heterocycles. The second kappa shape index (κ2) is 8.04. The van der Waals surface area contributed by atoms with E-state index in [9.17, 15) is 0 Å². The van der Waals surface area contributed by atoms with Crippen molar-refractivity contribution < 1.29 is 4.74 Å². The van der Waals surface area contributed by atoms with Crippen LogP contribution < -0.4 is 10.1 Å². The summed E-state index contributed by atoms with van der Waals surface area (Å²) < 4.78 is 5.86. The maximum atomic E-state index is 5.86. The van der Waals surface area contributed by atoms with Gasteiger partial charge in [-0.25, -0.2) is 0 Å². The SMILES string of the molecule is c1ccc(CCNc2cccc(OCc3ccccc3)c2)cc1. The van der Waals surface area contributed by atoms with E-state index in [0.29, 0.717) is 6.61 Å². The Bertz CT molecular complexity index is 710. The van der Waals surface area contributed by atoms with Gasteiger partial charge in [0.25, 0.3) is 0 Å². The van der Waals surface area contributed by atoms with Crippen molar-refractivity contribution in [1.82, 2.24) is 0 Å². The fourth-order valence-corrected chi connectivity index (χ4v) is 2.43. The normalized spacial score (nSPS) is 10.3. The number of hydrogen-bond donors (Lipinski definition) is 1. The maximum absolute atomic E-state index is 5.86. The molecule has 0 aliphatic heterocycles. The topological polar surface area (TPSA) is 21.3 Å². The van der Waals surface area contributed by atoms with Crippen molar-refractivity contribution in [1.29, 1.82) is 0 Å². The lowest BCUT2D eigenvalue weighted by Crippen LogP contribution is -2.05. The number of rotatable bonds is 7. The van der Waals surface area contributed by atoms with Crippen LogP contribution in [0.5, 0.6) is 5.75 Å². The summed E-state index contributed by atoms with van der Waals surface area (Å²) in [6.07, 6.45) is 1.01. The summed E-state index contributed by atoms with van der Waals surface area (Å²) in [6.45, 7) is 1.50. The second-order valence-corrected chi connectivity index (χ2v) is 5.46. The van der Waals surface area contributed by atoms with Crippen LogP contribution in [0.15, 0.2) is 84.9 Å². The zero-order chi connectivity index (χ0) is 15.7. The molecule has 3 aromatic carbocycles. The molecule has 0 saturated carbocycles. The van der Waals surface area contributed by atoms with E-state index in [0.717, 1.165) is 24.4 Å². The molecule has 0 aliphatic rings. The molecule has 23 heavy (non-hydrogen) atoms. The highest BCUT2D eigenvalue weighted by atomic mass is 16.5. The first-order chi connectivity index (χ1) is 11.4. The molecule has 2 nitrogen and oxygen atoms in total. The third kappa shape index (κ3) is 4.89. The van der Waals surface area contributed by atoms with Crippen molar-refractivity contribution in [3.8, 4) is 5.75 Å². The van der Waals surface area contributed by atoms with E-state index >= 15 is 0 Å². The van der Waals surface area contributed by atoms with Crippen molar-refractivity contribution in [3.05, 3.63) is 96.1 Å². The molecule has 0 unspecified atom stereocenters. The molecule has 3 rings (SSSR count). The molecule has 1 N–H and O–H groups in total. The highest BCUT2D eigenvalue weighted by molar-refractivity contribution is 5.48. The van der Waals surface area contributed by atoms with Crippen LogP contribution in [0.25, 0.3) is 0 Å². The Morgan fingerprint density at radius 1 is 0.696 bits per heavy atom. The van der Waals surface area contributed by atoms with Crippen LogP contribution >= 0.6 is 0 Å². The minimum absolute atomic E-state index is 0.592. The van der Waals surface area contributed by atoms with Gasteiger partial charge in [-0.2, -0.15) is 0 Å². The average molecular weight is 303 g/mol. The van der Waals surface area contributed by atoms with Crippen molar-refractivity contribution in [3.63, 3.8) is 0 Å². The largest absolute Gasteiger partial charge is 0.489 e. The molecule has 116 valence electrons. The lowest BCUT2D eigenvalue weighted by molar-refractivity contribution is 0.306. The predicted octanol–water partition coefficient (Wildman–Crippen LogP) is 4.92. The van der Waals surface area contributed by atoms with Gasteiger partial charge in [-0.1, -0.05) is 66.7 Å². The van der Waals surface area contributed by atoms with E-state index in [1.807, 2.05) is 42.5 Å². The average Bonchev–Trinajstić information content (AvgIpc) is 2.62. The van der Waals surface area contributed by atoms with Gasteiger partial charge in [-0.15, -0.1) is 0 Å². The lowest BCUT2D eigenvalue weighted by Gasteiger charge is -2.10. The van der Waals surface area contributed by atoms with E-state index in [1.54, 1.807) is 0 Å². The summed E-state index contributed by atoms with van der Waals surface area (Å²) in [4.78, 5) is 0. The summed E-state index contributed by atoms with van der Waals surface area (Å²) in [5, 5.41) is 3.45. The molecule has 0 aliphatic carbocycles. The smallest absolute Gasteiger partial charge is 0.121 e. The zero-order valence-corrected chi connectivity index (χ0v) is 13.1. The second-order valence-electron chi connectivity index (χ2n) is 5.46. The summed E-state index contributed by atoms with van der Waals surface area (Å²) in [5.74, 6) is 0.888. The van der Waals surface area contributed by atoms with Crippen LogP contribution in [-0.2, 0) is 13.0 Å². The molecule has 2 heteroatoms. The molecular weight excluding hydrogens is 282 g/mol. The third-order valence-corrected chi connectivity index (χ3v) is 3.67. The van der Waals surface area contributed by atoms with E-state index in [2.05, 4.69) is 47.8 Å². The minimum atomic E-state index is 0.592. The molecule has 0 spiro atoms. The quantitative estimate of drug-likeness (QED) is 0.669. The van der Waals surface area contributed by atoms with Gasteiger partial charge in [0.1, 0.15) is 12.4 Å². The minimum Gasteiger partial charge on any atom is -0.489 e. The molecule has 0 fully saturated rings. The maximum Gasteiger partial charge on any atom is 0.121 e. The standard InChI is InChI=1S/C21H21NO/c1-3-8-18(9-4-1)14-15-22-20-12-7-13-21(16-20)23-17-19-10-5-2-6-11-19/h1-13,16,22H,14-15,17H2. The van der Waals surface area contributed by atoms with Gasteiger partial charge in [-0.3, -0.25) is 0 Å². The van der Waals surface area contributed by atoms with Gasteiger partial charge in [0, 0.05) is 18.3 Å². The summed E-state index contributed by atoms with van der Waals surface area (Å²) in [5.41, 5.74) is 3.61. The van der Waals surface area contributed by atoms with Crippen LogP contribution in [0.4, 0.5) is 5.69 Å². The Morgan fingerprint density at radius 2 is 1.39 bits per heavy atom. The number of benzene rings is 3. The molecule has 3 aromatic rings. The first kappa shape index (κ1) is 15.2. The van der Waals surface area contributed by atoms with E-state index in [4.69, 9.17) is 4.74 Å². The highest BCUT2D eigenvalue weighted by Crippen LogP contribution is 2.18. The van der Waals surface area contributed by atoms with E-state index in [1.165, 1.54) is 11.1 Å². The Morgan fingerprint density at radius 3 is 2.13 bits per heavy atom. The van der Waals surface area contributed by atoms with Gasteiger partial charge in [0.05, 0.1) is 0 Å². The van der Waals surface area contributed by atoms with Crippen LogP contribution in [0.3, 0.4) is 0 Å². The Labute approximate surface area is 137 Å². The van der Waals surface area contributed by atoms with Crippen LogP contribution in [0.1, 0.15) is 11.1 Å². The first-order valence-electron chi connectivity index (χ1n) is 7.95. The predicted molar refractivity (Wildman–Crippen MR) is 95.9 cm³/mol. The molecule has 0 radical (unpaired) electrons. The van der Waals surface area contributed by atoms with Gasteiger partial charge >= 0.3 is 0 Å². The van der Waals surface area contributed by atoms with Crippen LogP contribution in [0.2, 0.25) is 0 Å². The Balaban J connectivity index is 1.51. The number of nitrogens with one attached hydrogen (secondary N) is 1. The van der Waals surface area contributed by atoms with Gasteiger partial charge in [0.2, 0.25) is 0 Å². The monoisotopic (exact) mass is 303 g/mol. The zero-order valence-electron chi connectivity index (χ0n) is 13.1. The fraction of sp³-hybridized carbons (Fsp3) is 0.143. The molecule has 0 amide bonds. The van der Waals surface area contributed by atoms with Crippen molar-refractivity contribution >= 4 is 5.69 Å². The van der Waals surface area contributed by atoms with E-state index in [-0.39, 0.29) is 0 Å². The molecule has 0 bridgehead atoms. The van der Waals surface area contributed by atoms with Crippen LogP contribution in [-0.4, -0.2) is 6.54 Å². The fourth-order valence-electron chi connectivity index (χ4n) is 2.43. The Hall–Kier alpha value is -2.74. The highest BCUT2D eigenvalue weighted by Gasteiger charge is 1.98. The van der Waals surface area contributed by atoms with Gasteiger partial charge < -0.3 is 10.1 Å². The Kier molecular flexibility index (Phi) is 5.30. The summed E-state index contributed by atoms with van der Waals surface area (Å²) in [6, 6.07) is 28.9. The van der Waals surface area contributed by atoms with Gasteiger partial charge in [-0.05, 0) is 29.7 Å². The first-order valence-corrected chi connectivity index (χ1v) is 7.95. The molecular formula is C21H21NO. The van der Waals surface area contributed by atoms with Crippen molar-refractivity contribution in [2.45, 2.75) is 13.0 Å². The molecule has 0 atom stereocenters. The molecule has 0 heterocycles.